The van der Waals surface area contributed by atoms with Crippen LogP contribution in [0.3, 0.4) is 0 Å². The summed E-state index contributed by atoms with van der Waals surface area (Å²) in [5.41, 5.74) is 1.10. The summed E-state index contributed by atoms with van der Waals surface area (Å²) in [6.07, 6.45) is 3.05. The van der Waals surface area contributed by atoms with Crippen LogP contribution in [0.1, 0.15) is 83.0 Å². The van der Waals surface area contributed by atoms with Crippen molar-refractivity contribution in [2.75, 3.05) is 6.54 Å². The molecule has 40 heavy (non-hydrogen) atoms. The third-order valence-corrected chi connectivity index (χ3v) is 7.12. The van der Waals surface area contributed by atoms with E-state index in [1.54, 1.807) is 50.8 Å². The molecule has 1 saturated carbocycles. The fourth-order valence-electron chi connectivity index (χ4n) is 4.85. The third-order valence-electron chi connectivity index (χ3n) is 7.12. The van der Waals surface area contributed by atoms with E-state index in [-0.39, 0.29) is 30.0 Å². The number of nitrogens with zero attached hydrogens (tertiary/aromatic N) is 1. The number of hydrogen-bond acceptors (Lipinski definition) is 5. The van der Waals surface area contributed by atoms with Gasteiger partial charge in [-0.3, -0.25) is 9.59 Å². The highest BCUT2D eigenvalue weighted by atomic mass is 16.6. The van der Waals surface area contributed by atoms with E-state index in [1.807, 2.05) is 37.3 Å². The van der Waals surface area contributed by atoms with E-state index in [9.17, 15) is 19.5 Å². The molecule has 0 aromatic heterocycles. The monoisotopic (exact) mass is 551 g/mol. The Labute approximate surface area is 238 Å². The maximum absolute atomic E-state index is 14.5. The summed E-state index contributed by atoms with van der Waals surface area (Å²) in [5, 5.41) is 16.8. The molecule has 0 spiro atoms. The van der Waals surface area contributed by atoms with E-state index in [1.165, 1.54) is 0 Å². The summed E-state index contributed by atoms with van der Waals surface area (Å²) in [7, 11) is 0. The smallest absolute Gasteiger partial charge is 0.408 e. The highest BCUT2D eigenvalue weighted by Crippen LogP contribution is 2.43. The molecule has 0 radical (unpaired) electrons. The van der Waals surface area contributed by atoms with Crippen molar-refractivity contribution in [1.29, 1.82) is 0 Å². The molecule has 1 fully saturated rings. The van der Waals surface area contributed by atoms with Gasteiger partial charge < -0.3 is 25.4 Å². The normalized spacial score (nSPS) is 17.9. The number of aryl methyl sites for hydroxylation is 1. The molecule has 0 saturated heterocycles. The molecule has 3 amide bonds. The Morgan fingerprint density at radius 2 is 1.75 bits per heavy atom. The standard InChI is InChI=1S/C32H45N3O5/c1-7-8-12-18-33-29(37)27(24-17-13-14-21(2)28(24)36)35(26-19-22(26)3)30(38)25(20-23-15-10-9-11-16-23)34-31(39)40-32(4,5)6/h9-11,13-17,22,25-27,36H,7-8,12,18-20H2,1-6H3,(H,33,37)(H,34,39). The molecule has 3 N–H and O–H groups in total. The van der Waals surface area contributed by atoms with Crippen molar-refractivity contribution < 1.29 is 24.2 Å². The van der Waals surface area contributed by atoms with E-state index >= 15 is 0 Å². The number of nitrogens with one attached hydrogen (secondary N) is 2. The molecule has 218 valence electrons. The molecule has 8 nitrogen and oxygen atoms in total. The minimum absolute atomic E-state index is 0.0120. The van der Waals surface area contributed by atoms with Crippen LogP contribution >= 0.6 is 0 Å². The molecule has 8 heteroatoms. The van der Waals surface area contributed by atoms with Gasteiger partial charge in [0, 0.05) is 24.6 Å². The number of hydrogen-bond donors (Lipinski definition) is 3. The van der Waals surface area contributed by atoms with Gasteiger partial charge in [-0.1, -0.05) is 75.2 Å². The maximum atomic E-state index is 14.5. The molecule has 0 heterocycles. The molecule has 0 bridgehead atoms. The maximum Gasteiger partial charge on any atom is 0.408 e. The SMILES string of the molecule is CCCCCNC(=O)C(c1cccc(C)c1O)N(C(=O)C(Cc1ccccc1)NC(=O)OC(C)(C)C)C1CC1C. The largest absolute Gasteiger partial charge is 0.507 e. The molecule has 0 aliphatic heterocycles. The predicted octanol–water partition coefficient (Wildman–Crippen LogP) is 5.42. The molecule has 1 aliphatic carbocycles. The average Bonchev–Trinajstić information content (AvgIpc) is 3.61. The average molecular weight is 552 g/mol. The highest BCUT2D eigenvalue weighted by Gasteiger charge is 2.48. The zero-order valence-corrected chi connectivity index (χ0v) is 24.7. The van der Waals surface area contributed by atoms with Gasteiger partial charge in [0.05, 0.1) is 0 Å². The van der Waals surface area contributed by atoms with Gasteiger partial charge in [0.25, 0.3) is 0 Å². The summed E-state index contributed by atoms with van der Waals surface area (Å²) in [6, 6.07) is 12.4. The van der Waals surface area contributed by atoms with Crippen LogP contribution in [-0.4, -0.2) is 52.1 Å². The van der Waals surface area contributed by atoms with Crippen molar-refractivity contribution >= 4 is 17.9 Å². The van der Waals surface area contributed by atoms with Gasteiger partial charge >= 0.3 is 6.09 Å². The lowest BCUT2D eigenvalue weighted by molar-refractivity contribution is -0.143. The Morgan fingerprint density at radius 1 is 1.07 bits per heavy atom. The molecule has 4 unspecified atom stereocenters. The van der Waals surface area contributed by atoms with Crippen molar-refractivity contribution in [2.24, 2.45) is 5.92 Å². The Kier molecular flexibility index (Phi) is 10.6. The first-order valence-electron chi connectivity index (χ1n) is 14.3. The molecule has 1 aliphatic rings. The highest BCUT2D eigenvalue weighted by molar-refractivity contribution is 5.93. The van der Waals surface area contributed by atoms with Gasteiger partial charge in [0.15, 0.2) is 0 Å². The van der Waals surface area contributed by atoms with E-state index < -0.39 is 29.7 Å². The molecule has 2 aromatic carbocycles. The van der Waals surface area contributed by atoms with E-state index in [2.05, 4.69) is 17.6 Å². The Morgan fingerprint density at radius 3 is 2.35 bits per heavy atom. The molecule has 3 rings (SSSR count). The van der Waals surface area contributed by atoms with E-state index in [0.29, 0.717) is 17.7 Å². The second-order valence-electron chi connectivity index (χ2n) is 11.8. The van der Waals surface area contributed by atoms with E-state index in [0.717, 1.165) is 31.2 Å². The number of amides is 3. The Balaban J connectivity index is 2.03. The second kappa shape index (κ2) is 13.7. The first-order valence-corrected chi connectivity index (χ1v) is 14.3. The van der Waals surface area contributed by atoms with Crippen LogP contribution in [0, 0.1) is 12.8 Å². The number of phenols is 1. The zero-order valence-electron chi connectivity index (χ0n) is 24.7. The zero-order chi connectivity index (χ0) is 29.4. The first kappa shape index (κ1) is 31.0. The van der Waals surface area contributed by atoms with Crippen LogP contribution in [0.5, 0.6) is 5.75 Å². The van der Waals surface area contributed by atoms with Crippen LogP contribution in [0.4, 0.5) is 4.79 Å². The number of ether oxygens (including phenoxy) is 1. The number of carbonyl (C=O) groups excluding carboxylic acids is 3. The van der Waals surface area contributed by atoms with Gasteiger partial charge in [-0.25, -0.2) is 4.79 Å². The molecule has 2 aromatic rings. The Hall–Kier alpha value is -3.55. The fraction of sp³-hybridized carbons (Fsp3) is 0.531. The molecule has 4 atom stereocenters. The lowest BCUT2D eigenvalue weighted by Crippen LogP contribution is -2.54. The number of para-hydroxylation sites is 1. The second-order valence-corrected chi connectivity index (χ2v) is 11.8. The van der Waals surface area contributed by atoms with Crippen LogP contribution in [0.25, 0.3) is 0 Å². The lowest BCUT2D eigenvalue weighted by Gasteiger charge is -2.35. The summed E-state index contributed by atoms with van der Waals surface area (Å²) in [6.45, 7) is 11.7. The van der Waals surface area contributed by atoms with Gasteiger partial charge in [0.2, 0.25) is 11.8 Å². The van der Waals surface area contributed by atoms with Gasteiger partial charge in [-0.05, 0) is 57.6 Å². The minimum atomic E-state index is -1.05. The van der Waals surface area contributed by atoms with Crippen molar-refractivity contribution in [2.45, 2.75) is 97.4 Å². The van der Waals surface area contributed by atoms with Crippen molar-refractivity contribution in [1.82, 2.24) is 15.5 Å². The van der Waals surface area contributed by atoms with Crippen LogP contribution in [-0.2, 0) is 20.7 Å². The third kappa shape index (κ3) is 8.47. The molecular formula is C32H45N3O5. The van der Waals surface area contributed by atoms with Gasteiger partial charge in [-0.15, -0.1) is 0 Å². The van der Waals surface area contributed by atoms with Crippen molar-refractivity contribution in [3.63, 3.8) is 0 Å². The quantitative estimate of drug-likeness (QED) is 0.305. The number of benzene rings is 2. The van der Waals surface area contributed by atoms with Gasteiger partial charge in [0.1, 0.15) is 23.4 Å². The van der Waals surface area contributed by atoms with E-state index in [4.69, 9.17) is 4.74 Å². The topological polar surface area (TPSA) is 108 Å². The van der Waals surface area contributed by atoms with Crippen molar-refractivity contribution in [3.8, 4) is 5.75 Å². The summed E-state index contributed by atoms with van der Waals surface area (Å²) < 4.78 is 5.50. The van der Waals surface area contributed by atoms with Crippen LogP contribution in [0.15, 0.2) is 48.5 Å². The summed E-state index contributed by atoms with van der Waals surface area (Å²) in [5.74, 6) is -0.578. The summed E-state index contributed by atoms with van der Waals surface area (Å²) in [4.78, 5) is 42.8. The number of unbranched alkanes of at least 4 members (excludes halogenated alkanes) is 2. The number of phenolic OH excluding ortho intramolecular Hbond substituents is 1. The first-order chi connectivity index (χ1) is 18.9. The molecular weight excluding hydrogens is 506 g/mol. The predicted molar refractivity (Wildman–Crippen MR) is 156 cm³/mol. The summed E-state index contributed by atoms with van der Waals surface area (Å²) >= 11 is 0. The fourth-order valence-corrected chi connectivity index (χ4v) is 4.85. The number of rotatable bonds is 12. The van der Waals surface area contributed by atoms with Crippen LogP contribution < -0.4 is 10.6 Å². The van der Waals surface area contributed by atoms with Gasteiger partial charge in [-0.2, -0.15) is 0 Å². The minimum Gasteiger partial charge on any atom is -0.507 e. The van der Waals surface area contributed by atoms with Crippen molar-refractivity contribution in [3.05, 3.63) is 65.2 Å². The van der Waals surface area contributed by atoms with Crippen LogP contribution in [0.2, 0.25) is 0 Å². The number of alkyl carbamates (subject to hydrolysis) is 1. The number of aromatic hydroxyl groups is 1. The number of carbonyl (C=O) groups is 3. The Bertz CT molecular complexity index is 1160. The lowest BCUT2D eigenvalue weighted by atomic mass is 9.97.